The van der Waals surface area contributed by atoms with E-state index in [1.807, 2.05) is 4.90 Å². The lowest BCUT2D eigenvalue weighted by molar-refractivity contribution is -0.144. The van der Waals surface area contributed by atoms with E-state index < -0.39 is 0 Å². The molecule has 114 valence electrons. The van der Waals surface area contributed by atoms with Crippen molar-refractivity contribution in [2.24, 2.45) is 5.92 Å². The summed E-state index contributed by atoms with van der Waals surface area (Å²) in [5.41, 5.74) is 0. The van der Waals surface area contributed by atoms with E-state index in [4.69, 9.17) is 4.74 Å². The number of nitrogens with zero attached hydrogens (tertiary/aromatic N) is 3. The molecule has 0 aliphatic carbocycles. The van der Waals surface area contributed by atoms with Crippen LogP contribution >= 0.6 is 11.3 Å². The molecule has 0 N–H and O–H groups in total. The van der Waals surface area contributed by atoms with E-state index in [1.165, 1.54) is 11.3 Å². The molecule has 0 unspecified atom stereocenters. The lowest BCUT2D eigenvalue weighted by atomic mass is 9.86. The number of rotatable bonds is 4. The fourth-order valence-electron chi connectivity index (χ4n) is 3.15. The summed E-state index contributed by atoms with van der Waals surface area (Å²) in [6.07, 6.45) is 3.35. The van der Waals surface area contributed by atoms with Crippen LogP contribution in [0.1, 0.15) is 22.6 Å². The van der Waals surface area contributed by atoms with Crippen molar-refractivity contribution in [3.05, 3.63) is 16.6 Å². The van der Waals surface area contributed by atoms with Crippen LogP contribution in [0.2, 0.25) is 0 Å². The number of thiazole rings is 1. The van der Waals surface area contributed by atoms with Crippen molar-refractivity contribution in [1.82, 2.24) is 14.8 Å². The molecule has 2 saturated heterocycles. The van der Waals surface area contributed by atoms with E-state index in [1.54, 1.807) is 23.6 Å². The molecule has 21 heavy (non-hydrogen) atoms. The molecule has 0 saturated carbocycles. The maximum absolute atomic E-state index is 12.6. The highest BCUT2D eigenvalue weighted by Crippen LogP contribution is 2.31. The lowest BCUT2D eigenvalue weighted by Crippen LogP contribution is -2.60. The summed E-state index contributed by atoms with van der Waals surface area (Å²) < 4.78 is 5.07. The topological polar surface area (TPSA) is 62.7 Å². The number of aromatic nitrogens is 1. The number of likely N-dealkylation sites (tertiary alicyclic amines) is 2. The van der Waals surface area contributed by atoms with Gasteiger partial charge in [-0.05, 0) is 18.8 Å². The van der Waals surface area contributed by atoms with E-state index in [0.29, 0.717) is 30.6 Å². The summed E-state index contributed by atoms with van der Waals surface area (Å²) in [6.45, 7) is 2.57. The molecule has 2 bridgehead atoms. The van der Waals surface area contributed by atoms with E-state index in [0.717, 1.165) is 19.4 Å². The highest BCUT2D eigenvalue weighted by molar-refractivity contribution is 7.11. The Morgan fingerprint density at radius 3 is 3.14 bits per heavy atom. The minimum absolute atomic E-state index is 0.0490. The smallest absolute Gasteiger partial charge is 0.283 e. The van der Waals surface area contributed by atoms with Gasteiger partial charge in [-0.25, -0.2) is 4.98 Å². The fraction of sp³-hybridized carbons (Fsp3) is 0.643. The Kier molecular flexibility index (Phi) is 4.21. The summed E-state index contributed by atoms with van der Waals surface area (Å²) in [5, 5.41) is 2.25. The van der Waals surface area contributed by atoms with Gasteiger partial charge in [-0.1, -0.05) is 0 Å². The quantitative estimate of drug-likeness (QED) is 0.827. The summed E-state index contributed by atoms with van der Waals surface area (Å²) in [7, 11) is 1.63. The van der Waals surface area contributed by atoms with Crippen LogP contribution in [-0.2, 0) is 9.53 Å². The van der Waals surface area contributed by atoms with Crippen molar-refractivity contribution in [2.45, 2.75) is 18.9 Å². The van der Waals surface area contributed by atoms with Gasteiger partial charge in [0.25, 0.3) is 5.91 Å². The van der Waals surface area contributed by atoms with Crippen LogP contribution in [0.4, 0.5) is 0 Å². The van der Waals surface area contributed by atoms with Crippen molar-refractivity contribution in [2.75, 3.05) is 33.4 Å². The van der Waals surface area contributed by atoms with Crippen molar-refractivity contribution in [1.29, 1.82) is 0 Å². The molecule has 7 heteroatoms. The van der Waals surface area contributed by atoms with Crippen LogP contribution in [0.25, 0.3) is 0 Å². The Morgan fingerprint density at radius 2 is 2.43 bits per heavy atom. The third kappa shape index (κ3) is 2.80. The predicted molar refractivity (Wildman–Crippen MR) is 78.1 cm³/mol. The number of methoxy groups -OCH3 is 1. The first-order chi connectivity index (χ1) is 10.2. The van der Waals surface area contributed by atoms with Crippen LogP contribution in [0.15, 0.2) is 11.6 Å². The van der Waals surface area contributed by atoms with Gasteiger partial charge in [-0.2, -0.15) is 0 Å². The normalized spacial score (nSPS) is 25.3. The molecular weight excluding hydrogens is 290 g/mol. The van der Waals surface area contributed by atoms with E-state index in [2.05, 4.69) is 4.98 Å². The highest BCUT2D eigenvalue weighted by atomic mass is 32.1. The van der Waals surface area contributed by atoms with Crippen LogP contribution in [0.3, 0.4) is 0 Å². The second-order valence-corrected chi connectivity index (χ2v) is 6.41. The first-order valence-corrected chi connectivity index (χ1v) is 8.07. The number of carbonyl (C=O) groups is 2. The molecule has 3 rings (SSSR count). The SMILES string of the molecule is COCCN1C[C@H]2CCN(C(=O)c3nccs3)[C@H](C2)C1=O. The van der Waals surface area contributed by atoms with Crippen molar-refractivity contribution in [3.63, 3.8) is 0 Å². The molecule has 0 radical (unpaired) electrons. The number of carbonyl (C=O) groups excluding carboxylic acids is 2. The zero-order valence-corrected chi connectivity index (χ0v) is 12.8. The van der Waals surface area contributed by atoms with Gasteiger partial charge in [0.15, 0.2) is 5.01 Å². The monoisotopic (exact) mass is 309 g/mol. The van der Waals surface area contributed by atoms with Crippen LogP contribution in [0, 0.1) is 5.92 Å². The number of piperidine rings is 2. The largest absolute Gasteiger partial charge is 0.383 e. The molecule has 0 spiro atoms. The Balaban J connectivity index is 1.75. The fourth-order valence-corrected chi connectivity index (χ4v) is 3.74. The number of hydrogen-bond donors (Lipinski definition) is 0. The Morgan fingerprint density at radius 1 is 1.57 bits per heavy atom. The van der Waals surface area contributed by atoms with Gasteiger partial charge in [0.05, 0.1) is 6.61 Å². The number of fused-ring (bicyclic) bond motifs is 2. The van der Waals surface area contributed by atoms with E-state index in [-0.39, 0.29) is 17.9 Å². The third-order valence-corrected chi connectivity index (χ3v) is 4.99. The molecular formula is C14H19N3O3S. The molecule has 6 nitrogen and oxygen atoms in total. The lowest BCUT2D eigenvalue weighted by Gasteiger charge is -2.46. The summed E-state index contributed by atoms with van der Waals surface area (Å²) in [6, 6.07) is -0.328. The van der Waals surface area contributed by atoms with Crippen LogP contribution in [-0.4, -0.2) is 66.0 Å². The second-order valence-electron chi connectivity index (χ2n) is 5.52. The summed E-state index contributed by atoms with van der Waals surface area (Å²) in [4.78, 5) is 32.7. The molecule has 3 heterocycles. The average Bonchev–Trinajstić information content (AvgIpc) is 3.03. The molecule has 1 aromatic rings. The third-order valence-electron chi connectivity index (χ3n) is 4.23. The molecule has 2 aliphatic heterocycles. The average molecular weight is 309 g/mol. The molecule has 2 amide bonds. The summed E-state index contributed by atoms with van der Waals surface area (Å²) >= 11 is 1.32. The number of hydrogen-bond acceptors (Lipinski definition) is 5. The van der Waals surface area contributed by atoms with Gasteiger partial charge < -0.3 is 14.5 Å². The Bertz CT molecular complexity index is 520. The van der Waals surface area contributed by atoms with Gasteiger partial charge in [0, 0.05) is 38.3 Å². The van der Waals surface area contributed by atoms with Crippen LogP contribution in [0.5, 0.6) is 0 Å². The van der Waals surface area contributed by atoms with Gasteiger partial charge in [0.1, 0.15) is 6.04 Å². The van der Waals surface area contributed by atoms with Gasteiger partial charge in [-0.3, -0.25) is 9.59 Å². The van der Waals surface area contributed by atoms with E-state index in [9.17, 15) is 9.59 Å². The zero-order valence-electron chi connectivity index (χ0n) is 12.0. The van der Waals surface area contributed by atoms with E-state index >= 15 is 0 Å². The maximum Gasteiger partial charge on any atom is 0.283 e. The Hall–Kier alpha value is -1.47. The maximum atomic E-state index is 12.6. The predicted octanol–water partition coefficient (Wildman–Crippen LogP) is 0.852. The summed E-state index contributed by atoms with van der Waals surface area (Å²) in [5.74, 6) is 0.424. The van der Waals surface area contributed by atoms with Crippen molar-refractivity contribution >= 4 is 23.2 Å². The minimum atomic E-state index is -0.328. The second kappa shape index (κ2) is 6.11. The number of ether oxygens (including phenoxy) is 1. The van der Waals surface area contributed by atoms with Gasteiger partial charge >= 0.3 is 0 Å². The first kappa shape index (κ1) is 14.5. The molecule has 2 fully saturated rings. The Labute approximate surface area is 127 Å². The van der Waals surface area contributed by atoms with Gasteiger partial charge in [0.2, 0.25) is 5.91 Å². The van der Waals surface area contributed by atoms with Gasteiger partial charge in [-0.15, -0.1) is 11.3 Å². The number of amides is 2. The van der Waals surface area contributed by atoms with Crippen LogP contribution < -0.4 is 0 Å². The molecule has 2 atom stereocenters. The van der Waals surface area contributed by atoms with Crippen molar-refractivity contribution < 1.29 is 14.3 Å². The minimum Gasteiger partial charge on any atom is -0.383 e. The molecule has 0 aromatic carbocycles. The highest BCUT2D eigenvalue weighted by Gasteiger charge is 2.43. The van der Waals surface area contributed by atoms with Crippen molar-refractivity contribution in [3.8, 4) is 0 Å². The molecule has 1 aromatic heterocycles. The molecule has 2 aliphatic rings. The standard InChI is InChI=1S/C14H19N3O3S/c1-20-6-5-16-9-10-2-4-17(11(8-10)13(16)18)14(19)12-15-3-7-21-12/h3,7,10-11H,2,4-6,8-9H2,1H3/t10-,11+/m0/s1. The first-order valence-electron chi connectivity index (χ1n) is 7.19. The zero-order chi connectivity index (χ0) is 14.8.